The van der Waals surface area contributed by atoms with Crippen molar-refractivity contribution >= 4 is 5.82 Å². The molecule has 1 aromatic heterocycles. The van der Waals surface area contributed by atoms with E-state index in [4.69, 9.17) is 5.73 Å². The van der Waals surface area contributed by atoms with Gasteiger partial charge in [0.1, 0.15) is 11.6 Å². The second kappa shape index (κ2) is 4.78. The van der Waals surface area contributed by atoms with Crippen LogP contribution in [0.1, 0.15) is 24.9 Å². The normalized spacial score (nSPS) is 20.4. The van der Waals surface area contributed by atoms with Crippen molar-refractivity contribution < 1.29 is 0 Å². The maximum atomic E-state index is 5.70. The summed E-state index contributed by atoms with van der Waals surface area (Å²) in [6.07, 6.45) is 2.07. The van der Waals surface area contributed by atoms with Crippen molar-refractivity contribution in [2.24, 2.45) is 11.7 Å². The summed E-state index contributed by atoms with van der Waals surface area (Å²) < 4.78 is 0. The van der Waals surface area contributed by atoms with E-state index in [9.17, 15) is 0 Å². The van der Waals surface area contributed by atoms with Gasteiger partial charge in [-0.05, 0) is 25.8 Å². The number of hydrogen-bond donors (Lipinski definition) is 1. The van der Waals surface area contributed by atoms with Gasteiger partial charge in [-0.3, -0.25) is 0 Å². The van der Waals surface area contributed by atoms with Gasteiger partial charge in [0.05, 0.1) is 0 Å². The van der Waals surface area contributed by atoms with Crippen molar-refractivity contribution in [2.45, 2.75) is 26.7 Å². The summed E-state index contributed by atoms with van der Waals surface area (Å²) in [6, 6.07) is 2.07. The number of hydrogen-bond acceptors (Lipinski definition) is 4. The monoisotopic (exact) mass is 220 g/mol. The molecule has 0 aromatic carbocycles. The zero-order chi connectivity index (χ0) is 11.5. The zero-order valence-electron chi connectivity index (χ0n) is 10.1. The third-order valence-corrected chi connectivity index (χ3v) is 3.15. The number of nitrogens with zero attached hydrogens (tertiary/aromatic N) is 3. The Balaban J connectivity index is 2.17. The molecule has 0 saturated carbocycles. The lowest BCUT2D eigenvalue weighted by atomic mass is 10.1. The first-order valence-corrected chi connectivity index (χ1v) is 6.02. The van der Waals surface area contributed by atoms with Crippen molar-refractivity contribution in [3.8, 4) is 0 Å². The zero-order valence-corrected chi connectivity index (χ0v) is 10.1. The Bertz CT molecular complexity index is 364. The number of anilines is 1. The van der Waals surface area contributed by atoms with E-state index in [1.807, 2.05) is 6.92 Å². The van der Waals surface area contributed by atoms with Gasteiger partial charge in [0, 0.05) is 31.3 Å². The highest BCUT2D eigenvalue weighted by atomic mass is 15.2. The van der Waals surface area contributed by atoms with E-state index in [-0.39, 0.29) is 0 Å². The van der Waals surface area contributed by atoms with E-state index in [0.29, 0.717) is 5.92 Å². The van der Waals surface area contributed by atoms with Crippen LogP contribution in [-0.2, 0) is 6.42 Å². The molecule has 2 rings (SSSR count). The van der Waals surface area contributed by atoms with Crippen molar-refractivity contribution in [1.29, 1.82) is 0 Å². The molecule has 1 saturated heterocycles. The fourth-order valence-electron chi connectivity index (χ4n) is 2.17. The minimum Gasteiger partial charge on any atom is -0.356 e. The second-order valence-corrected chi connectivity index (χ2v) is 4.47. The van der Waals surface area contributed by atoms with Crippen LogP contribution in [0.15, 0.2) is 6.07 Å². The Morgan fingerprint density at radius 3 is 2.94 bits per heavy atom. The van der Waals surface area contributed by atoms with Crippen LogP contribution >= 0.6 is 0 Å². The summed E-state index contributed by atoms with van der Waals surface area (Å²) in [7, 11) is 0. The van der Waals surface area contributed by atoms with Crippen LogP contribution in [0, 0.1) is 12.8 Å². The molecule has 4 nitrogen and oxygen atoms in total. The Hall–Kier alpha value is -1.16. The van der Waals surface area contributed by atoms with E-state index < -0.39 is 0 Å². The Morgan fingerprint density at radius 2 is 2.31 bits per heavy atom. The topological polar surface area (TPSA) is 55.0 Å². The van der Waals surface area contributed by atoms with Gasteiger partial charge in [-0.15, -0.1) is 0 Å². The number of nitrogens with two attached hydrogens (primary N) is 1. The molecule has 16 heavy (non-hydrogen) atoms. The molecular formula is C12H20N4. The van der Waals surface area contributed by atoms with E-state index in [0.717, 1.165) is 43.4 Å². The van der Waals surface area contributed by atoms with Crippen LogP contribution in [0.25, 0.3) is 0 Å². The van der Waals surface area contributed by atoms with Crippen LogP contribution < -0.4 is 10.6 Å². The summed E-state index contributed by atoms with van der Waals surface area (Å²) in [5, 5.41) is 0. The summed E-state index contributed by atoms with van der Waals surface area (Å²) >= 11 is 0. The first kappa shape index (κ1) is 11.3. The minimum absolute atomic E-state index is 0.625. The lowest BCUT2D eigenvalue weighted by Crippen LogP contribution is -2.24. The molecule has 2 heterocycles. The summed E-state index contributed by atoms with van der Waals surface area (Å²) in [5.41, 5.74) is 6.75. The van der Waals surface area contributed by atoms with E-state index in [1.165, 1.54) is 6.42 Å². The fraction of sp³-hybridized carbons (Fsp3) is 0.667. The molecule has 1 aliphatic heterocycles. The van der Waals surface area contributed by atoms with Gasteiger partial charge in [-0.2, -0.15) is 0 Å². The second-order valence-electron chi connectivity index (χ2n) is 4.47. The first-order chi connectivity index (χ1) is 7.72. The molecule has 1 atom stereocenters. The molecule has 0 spiro atoms. The molecule has 1 fully saturated rings. The molecule has 0 amide bonds. The largest absolute Gasteiger partial charge is 0.356 e. The average Bonchev–Trinajstić information content (AvgIpc) is 2.76. The lowest BCUT2D eigenvalue weighted by molar-refractivity contribution is 0.602. The predicted octanol–water partition coefficient (Wildman–Crippen LogP) is 1.13. The van der Waals surface area contributed by atoms with Crippen molar-refractivity contribution in [3.63, 3.8) is 0 Å². The van der Waals surface area contributed by atoms with Gasteiger partial charge < -0.3 is 10.6 Å². The summed E-state index contributed by atoms with van der Waals surface area (Å²) in [6.45, 7) is 7.00. The highest BCUT2D eigenvalue weighted by Crippen LogP contribution is 2.22. The Kier molecular flexibility index (Phi) is 3.39. The molecule has 0 aliphatic carbocycles. The molecule has 1 aromatic rings. The van der Waals surface area contributed by atoms with Gasteiger partial charge in [-0.25, -0.2) is 9.97 Å². The van der Waals surface area contributed by atoms with Gasteiger partial charge in [0.25, 0.3) is 0 Å². The van der Waals surface area contributed by atoms with Crippen LogP contribution in [0.4, 0.5) is 5.82 Å². The first-order valence-electron chi connectivity index (χ1n) is 6.02. The van der Waals surface area contributed by atoms with E-state index in [1.54, 1.807) is 0 Å². The molecule has 0 radical (unpaired) electrons. The van der Waals surface area contributed by atoms with E-state index in [2.05, 4.69) is 27.9 Å². The Labute approximate surface area is 96.9 Å². The van der Waals surface area contributed by atoms with Crippen LogP contribution in [0.2, 0.25) is 0 Å². The number of aromatic nitrogens is 2. The predicted molar refractivity (Wildman–Crippen MR) is 65.5 cm³/mol. The smallest absolute Gasteiger partial charge is 0.132 e. The quantitative estimate of drug-likeness (QED) is 0.829. The molecule has 4 heteroatoms. The average molecular weight is 220 g/mol. The molecule has 88 valence electrons. The van der Waals surface area contributed by atoms with Crippen LogP contribution in [-0.4, -0.2) is 29.6 Å². The van der Waals surface area contributed by atoms with Gasteiger partial charge in [0.2, 0.25) is 0 Å². The molecule has 1 unspecified atom stereocenters. The Morgan fingerprint density at radius 1 is 1.50 bits per heavy atom. The third-order valence-electron chi connectivity index (χ3n) is 3.15. The van der Waals surface area contributed by atoms with Crippen LogP contribution in [0.5, 0.6) is 0 Å². The lowest BCUT2D eigenvalue weighted by Gasteiger charge is -2.18. The molecular weight excluding hydrogens is 200 g/mol. The maximum Gasteiger partial charge on any atom is 0.132 e. The molecule has 0 bridgehead atoms. The van der Waals surface area contributed by atoms with Crippen LogP contribution in [0.3, 0.4) is 0 Å². The van der Waals surface area contributed by atoms with E-state index >= 15 is 0 Å². The molecule has 1 aliphatic rings. The van der Waals surface area contributed by atoms with Crippen molar-refractivity contribution in [1.82, 2.24) is 9.97 Å². The van der Waals surface area contributed by atoms with Gasteiger partial charge in [-0.1, -0.05) is 6.92 Å². The van der Waals surface area contributed by atoms with Gasteiger partial charge in [0.15, 0.2) is 0 Å². The minimum atomic E-state index is 0.625. The highest BCUT2D eigenvalue weighted by molar-refractivity contribution is 5.41. The SMILES string of the molecule is CCc1nc(C)cc(N2CCC(CN)C2)n1. The summed E-state index contributed by atoms with van der Waals surface area (Å²) in [4.78, 5) is 11.3. The molecule has 2 N–H and O–H groups in total. The number of rotatable bonds is 3. The highest BCUT2D eigenvalue weighted by Gasteiger charge is 2.22. The number of aryl methyl sites for hydroxylation is 2. The summed E-state index contributed by atoms with van der Waals surface area (Å²) in [5.74, 6) is 2.63. The fourth-order valence-corrected chi connectivity index (χ4v) is 2.17. The maximum absolute atomic E-state index is 5.70. The van der Waals surface area contributed by atoms with Crippen molar-refractivity contribution in [3.05, 3.63) is 17.6 Å². The van der Waals surface area contributed by atoms with Gasteiger partial charge >= 0.3 is 0 Å². The van der Waals surface area contributed by atoms with Crippen molar-refractivity contribution in [2.75, 3.05) is 24.5 Å². The standard InChI is InChI=1S/C12H20N4/c1-3-11-14-9(2)6-12(15-11)16-5-4-10(7-13)8-16/h6,10H,3-5,7-8,13H2,1-2H3. The third kappa shape index (κ3) is 2.32.